The zero-order valence-electron chi connectivity index (χ0n) is 10.1. The molecule has 98 valence electrons. The van der Waals surface area contributed by atoms with E-state index in [1.165, 1.54) is 0 Å². The van der Waals surface area contributed by atoms with Gasteiger partial charge < -0.3 is 10.0 Å². The molecule has 2 aliphatic rings. The minimum absolute atomic E-state index is 0.0452. The summed E-state index contributed by atoms with van der Waals surface area (Å²) in [4.78, 5) is 15.7. The Hall–Kier alpha value is -0.320. The highest BCUT2D eigenvalue weighted by Gasteiger charge is 2.29. The van der Waals surface area contributed by atoms with Crippen molar-refractivity contribution in [3.8, 4) is 0 Å². The molecule has 0 saturated carbocycles. The van der Waals surface area contributed by atoms with E-state index in [0.717, 1.165) is 51.9 Å². The predicted molar refractivity (Wildman–Crippen MR) is 67.1 cm³/mol. The Morgan fingerprint density at radius 1 is 1.24 bits per heavy atom. The molecule has 2 heterocycles. The van der Waals surface area contributed by atoms with E-state index in [1.807, 2.05) is 4.90 Å². The van der Waals surface area contributed by atoms with Crippen LogP contribution in [-0.2, 0) is 4.79 Å². The lowest BCUT2D eigenvalue weighted by atomic mass is 9.99. The van der Waals surface area contributed by atoms with Gasteiger partial charge in [-0.25, -0.2) is 0 Å². The average Bonchev–Trinajstić information content (AvgIpc) is 2.38. The molecule has 2 saturated heterocycles. The van der Waals surface area contributed by atoms with Gasteiger partial charge in [0.25, 0.3) is 0 Å². The molecular formula is C12H21ClN2O2. The number of carbonyl (C=O) groups excluding carboxylic acids is 1. The first kappa shape index (κ1) is 13.1. The Morgan fingerprint density at radius 2 is 1.94 bits per heavy atom. The van der Waals surface area contributed by atoms with Crippen LogP contribution in [-0.4, -0.2) is 65.0 Å². The quantitative estimate of drug-likeness (QED) is 0.743. The minimum atomic E-state index is -0.161. The smallest absolute Gasteiger partial charge is 0.237 e. The molecule has 0 aromatic heterocycles. The van der Waals surface area contributed by atoms with E-state index in [2.05, 4.69) is 4.90 Å². The van der Waals surface area contributed by atoms with Crippen molar-refractivity contribution >= 4 is 17.5 Å². The molecule has 0 aromatic rings. The van der Waals surface area contributed by atoms with Crippen LogP contribution in [0.25, 0.3) is 0 Å². The summed E-state index contributed by atoms with van der Waals surface area (Å²) in [6.07, 6.45) is 3.87. The SMILES string of the molecule is O=C(CCl)N1CCC(N2CCCC(O)C2)CC1. The molecule has 2 fully saturated rings. The van der Waals surface area contributed by atoms with Crippen molar-refractivity contribution in [3.63, 3.8) is 0 Å². The van der Waals surface area contributed by atoms with Crippen molar-refractivity contribution in [2.45, 2.75) is 37.8 Å². The Kier molecular flexibility index (Phi) is 4.65. The van der Waals surface area contributed by atoms with Crippen LogP contribution in [0.2, 0.25) is 0 Å². The number of hydrogen-bond donors (Lipinski definition) is 1. The van der Waals surface area contributed by atoms with Crippen LogP contribution in [0.4, 0.5) is 0 Å². The molecule has 4 nitrogen and oxygen atoms in total. The van der Waals surface area contributed by atoms with Crippen LogP contribution in [0.1, 0.15) is 25.7 Å². The number of halogens is 1. The zero-order chi connectivity index (χ0) is 12.3. The van der Waals surface area contributed by atoms with E-state index in [4.69, 9.17) is 11.6 Å². The van der Waals surface area contributed by atoms with Crippen LogP contribution < -0.4 is 0 Å². The topological polar surface area (TPSA) is 43.8 Å². The zero-order valence-corrected chi connectivity index (χ0v) is 10.9. The number of amides is 1. The third kappa shape index (κ3) is 3.33. The first-order valence-corrected chi connectivity index (χ1v) is 7.00. The molecule has 17 heavy (non-hydrogen) atoms. The highest BCUT2D eigenvalue weighted by Crippen LogP contribution is 2.21. The van der Waals surface area contributed by atoms with E-state index in [1.54, 1.807) is 0 Å². The number of rotatable bonds is 2. The lowest BCUT2D eigenvalue weighted by Gasteiger charge is -2.41. The highest BCUT2D eigenvalue weighted by molar-refractivity contribution is 6.27. The molecule has 1 atom stereocenters. The molecular weight excluding hydrogens is 240 g/mol. The molecule has 2 rings (SSSR count). The van der Waals surface area contributed by atoms with Crippen LogP contribution in [0, 0.1) is 0 Å². The van der Waals surface area contributed by atoms with Crippen LogP contribution in [0.3, 0.4) is 0 Å². The summed E-state index contributed by atoms with van der Waals surface area (Å²) in [7, 11) is 0. The molecule has 0 radical (unpaired) electrons. The maximum Gasteiger partial charge on any atom is 0.237 e. The normalized spacial score (nSPS) is 28.4. The third-order valence-electron chi connectivity index (χ3n) is 3.88. The molecule has 1 N–H and O–H groups in total. The summed E-state index contributed by atoms with van der Waals surface area (Å²) in [6, 6.07) is 0.532. The van der Waals surface area contributed by atoms with Gasteiger partial charge in [-0.1, -0.05) is 0 Å². The van der Waals surface area contributed by atoms with E-state index >= 15 is 0 Å². The van der Waals surface area contributed by atoms with Gasteiger partial charge in [0.05, 0.1) is 6.10 Å². The molecule has 1 amide bonds. The minimum Gasteiger partial charge on any atom is -0.392 e. The summed E-state index contributed by atoms with van der Waals surface area (Å²) in [6.45, 7) is 3.50. The molecule has 0 spiro atoms. The third-order valence-corrected chi connectivity index (χ3v) is 4.10. The fraction of sp³-hybridized carbons (Fsp3) is 0.917. The van der Waals surface area contributed by atoms with Crippen molar-refractivity contribution in [2.24, 2.45) is 0 Å². The van der Waals surface area contributed by atoms with Crippen molar-refractivity contribution in [3.05, 3.63) is 0 Å². The number of alkyl halides is 1. The first-order chi connectivity index (χ1) is 8.20. The van der Waals surface area contributed by atoms with Gasteiger partial charge in [0.1, 0.15) is 5.88 Å². The summed E-state index contributed by atoms with van der Waals surface area (Å²) >= 11 is 5.55. The van der Waals surface area contributed by atoms with E-state index in [9.17, 15) is 9.90 Å². The van der Waals surface area contributed by atoms with Crippen LogP contribution >= 0.6 is 11.6 Å². The Labute approximate surface area is 108 Å². The van der Waals surface area contributed by atoms with Gasteiger partial charge in [0.15, 0.2) is 0 Å². The first-order valence-electron chi connectivity index (χ1n) is 6.46. The van der Waals surface area contributed by atoms with Gasteiger partial charge in [-0.2, -0.15) is 0 Å². The van der Waals surface area contributed by atoms with Gasteiger partial charge in [-0.05, 0) is 32.2 Å². The fourth-order valence-corrected chi connectivity index (χ4v) is 3.05. The second-order valence-electron chi connectivity index (χ2n) is 5.04. The predicted octanol–water partition coefficient (Wildman–Crippen LogP) is 0.673. The number of piperidine rings is 2. The largest absolute Gasteiger partial charge is 0.392 e. The maximum absolute atomic E-state index is 11.4. The number of hydrogen-bond acceptors (Lipinski definition) is 3. The van der Waals surface area contributed by atoms with Gasteiger partial charge in [0.2, 0.25) is 5.91 Å². The lowest BCUT2D eigenvalue weighted by molar-refractivity contribution is -0.130. The molecule has 0 aromatic carbocycles. The van der Waals surface area contributed by atoms with E-state index in [-0.39, 0.29) is 17.9 Å². The number of likely N-dealkylation sites (tertiary alicyclic amines) is 2. The van der Waals surface area contributed by atoms with Crippen LogP contribution in [0.15, 0.2) is 0 Å². The number of aliphatic hydroxyl groups is 1. The molecule has 1 unspecified atom stereocenters. The number of β-amino-alcohol motifs (C(OH)–C–C–N with tert-alkyl or cyclic N) is 1. The van der Waals surface area contributed by atoms with Crippen molar-refractivity contribution in [2.75, 3.05) is 32.1 Å². The summed E-state index contributed by atoms with van der Waals surface area (Å²) < 4.78 is 0. The molecule has 0 bridgehead atoms. The van der Waals surface area contributed by atoms with Crippen LogP contribution in [0.5, 0.6) is 0 Å². The molecule has 2 aliphatic heterocycles. The van der Waals surface area contributed by atoms with Crippen molar-refractivity contribution in [1.29, 1.82) is 0 Å². The summed E-state index contributed by atoms with van der Waals surface area (Å²) in [5, 5.41) is 9.66. The summed E-state index contributed by atoms with van der Waals surface area (Å²) in [5.41, 5.74) is 0. The van der Waals surface area contributed by atoms with Crippen molar-refractivity contribution < 1.29 is 9.90 Å². The fourth-order valence-electron chi connectivity index (χ4n) is 2.88. The van der Waals surface area contributed by atoms with Gasteiger partial charge in [-0.3, -0.25) is 9.69 Å². The van der Waals surface area contributed by atoms with Crippen molar-refractivity contribution in [1.82, 2.24) is 9.80 Å². The second kappa shape index (κ2) is 6.03. The van der Waals surface area contributed by atoms with Gasteiger partial charge >= 0.3 is 0 Å². The number of nitrogens with zero attached hydrogens (tertiary/aromatic N) is 2. The van der Waals surface area contributed by atoms with E-state index < -0.39 is 0 Å². The lowest BCUT2D eigenvalue weighted by Crippen LogP contribution is -2.50. The van der Waals surface area contributed by atoms with Gasteiger partial charge in [-0.15, -0.1) is 11.6 Å². The second-order valence-corrected chi connectivity index (χ2v) is 5.30. The Bertz CT molecular complexity index is 267. The average molecular weight is 261 g/mol. The van der Waals surface area contributed by atoms with E-state index in [0.29, 0.717) is 6.04 Å². The highest BCUT2D eigenvalue weighted by atomic mass is 35.5. The number of aliphatic hydroxyl groups excluding tert-OH is 1. The maximum atomic E-state index is 11.4. The monoisotopic (exact) mass is 260 g/mol. The molecule has 5 heteroatoms. The van der Waals surface area contributed by atoms with Gasteiger partial charge in [0, 0.05) is 25.7 Å². The molecule has 0 aliphatic carbocycles. The standard InChI is InChI=1S/C12H21ClN2O2/c13-8-12(17)14-6-3-10(4-7-14)15-5-1-2-11(16)9-15/h10-11,16H,1-9H2. The summed E-state index contributed by atoms with van der Waals surface area (Å²) in [5.74, 6) is 0.136. The number of carbonyl (C=O) groups is 1. The Balaban J connectivity index is 1.80. The Morgan fingerprint density at radius 3 is 2.53 bits per heavy atom.